The van der Waals surface area contributed by atoms with Gasteiger partial charge in [0, 0.05) is 16.7 Å². The summed E-state index contributed by atoms with van der Waals surface area (Å²) in [6, 6.07) is 15.9. The van der Waals surface area contributed by atoms with Crippen molar-refractivity contribution in [3.8, 4) is 0 Å². The molecule has 0 spiro atoms. The van der Waals surface area contributed by atoms with Crippen molar-refractivity contribution in [2.75, 3.05) is 0 Å². The minimum absolute atomic E-state index is 0.128. The first-order valence-electron chi connectivity index (χ1n) is 9.54. The predicted octanol–water partition coefficient (Wildman–Crippen LogP) is 4.90. The number of fused-ring (bicyclic) bond motifs is 1. The molecule has 0 aliphatic rings. The highest BCUT2D eigenvalue weighted by molar-refractivity contribution is 7.98. The van der Waals surface area contributed by atoms with Crippen molar-refractivity contribution in [3.05, 3.63) is 77.3 Å². The lowest BCUT2D eigenvalue weighted by Gasteiger charge is -2.14. The molecule has 1 unspecified atom stereocenters. The number of hydrogen-bond acceptors (Lipinski definition) is 5. The smallest absolute Gasteiger partial charge is 0.287 e. The topological polar surface area (TPSA) is 83.8 Å². The third kappa shape index (κ3) is 4.19. The van der Waals surface area contributed by atoms with Crippen molar-refractivity contribution >= 4 is 28.6 Å². The van der Waals surface area contributed by atoms with Crippen molar-refractivity contribution < 1.29 is 9.21 Å². The Bertz CT molecular complexity index is 1100. The molecule has 148 valence electrons. The Morgan fingerprint density at radius 2 is 2.00 bits per heavy atom. The summed E-state index contributed by atoms with van der Waals surface area (Å²) in [4.78, 5) is 17.2. The number of nitrogens with one attached hydrogen (secondary N) is 2. The highest BCUT2D eigenvalue weighted by Gasteiger charge is 2.22. The van der Waals surface area contributed by atoms with Gasteiger partial charge in [0.1, 0.15) is 11.9 Å². The Morgan fingerprint density at radius 1 is 1.21 bits per heavy atom. The number of nitrogens with zero attached hydrogens (tertiary/aromatic N) is 2. The molecule has 0 radical (unpaired) electrons. The Hall–Kier alpha value is -3.06. The van der Waals surface area contributed by atoms with E-state index in [0.29, 0.717) is 22.3 Å². The van der Waals surface area contributed by atoms with Gasteiger partial charge in [-0.05, 0) is 30.5 Å². The van der Waals surface area contributed by atoms with Gasteiger partial charge in [0.05, 0.1) is 6.04 Å². The molecular formula is C22H22N4O2S. The summed E-state index contributed by atoms with van der Waals surface area (Å²) in [5, 5.41) is 11.4. The van der Waals surface area contributed by atoms with Gasteiger partial charge >= 0.3 is 0 Å². The number of para-hydroxylation sites is 1. The summed E-state index contributed by atoms with van der Waals surface area (Å²) in [7, 11) is 0. The van der Waals surface area contributed by atoms with Crippen LogP contribution in [0.5, 0.6) is 0 Å². The Morgan fingerprint density at radius 3 is 2.72 bits per heavy atom. The van der Waals surface area contributed by atoms with Gasteiger partial charge in [0.15, 0.2) is 10.9 Å². The van der Waals surface area contributed by atoms with Gasteiger partial charge in [-0.2, -0.15) is 5.10 Å². The Balaban J connectivity index is 1.58. The van der Waals surface area contributed by atoms with E-state index in [0.717, 1.165) is 22.9 Å². The van der Waals surface area contributed by atoms with Crippen LogP contribution in [0.25, 0.3) is 11.0 Å². The van der Waals surface area contributed by atoms with Crippen molar-refractivity contribution in [2.45, 2.75) is 37.2 Å². The molecule has 2 aromatic carbocycles. The molecule has 0 aliphatic carbocycles. The second kappa shape index (κ2) is 8.53. The number of hydrogen-bond donors (Lipinski definition) is 2. The van der Waals surface area contributed by atoms with Gasteiger partial charge in [0.25, 0.3) is 5.91 Å². The number of aromatic nitrogens is 3. The van der Waals surface area contributed by atoms with E-state index < -0.39 is 0 Å². The molecule has 2 heterocycles. The minimum Gasteiger partial charge on any atom is -0.451 e. The highest BCUT2D eigenvalue weighted by atomic mass is 32.2. The molecule has 4 aromatic rings. The summed E-state index contributed by atoms with van der Waals surface area (Å²) < 4.78 is 5.93. The quantitative estimate of drug-likeness (QED) is 0.427. The molecule has 0 fully saturated rings. The van der Waals surface area contributed by atoms with Crippen LogP contribution in [0, 0.1) is 0 Å². The zero-order chi connectivity index (χ0) is 20.2. The van der Waals surface area contributed by atoms with Gasteiger partial charge in [-0.25, -0.2) is 4.98 Å². The second-order valence-corrected chi connectivity index (χ2v) is 7.74. The van der Waals surface area contributed by atoms with Crippen LogP contribution in [-0.4, -0.2) is 21.1 Å². The number of rotatable bonds is 7. The maximum atomic E-state index is 13.1. The molecule has 7 heteroatoms. The van der Waals surface area contributed by atoms with Gasteiger partial charge in [-0.1, -0.05) is 61.2 Å². The number of aromatic amines is 1. The summed E-state index contributed by atoms with van der Waals surface area (Å²) in [6.45, 7) is 4.10. The lowest BCUT2D eigenvalue weighted by Crippen LogP contribution is -2.27. The molecule has 0 aliphatic heterocycles. The number of thioether (sulfide) groups is 1. The Labute approximate surface area is 173 Å². The van der Waals surface area contributed by atoms with Crippen LogP contribution >= 0.6 is 11.8 Å². The second-order valence-electron chi connectivity index (χ2n) is 6.78. The van der Waals surface area contributed by atoms with Crippen LogP contribution in [0.3, 0.4) is 0 Å². The minimum atomic E-state index is -0.221. The van der Waals surface area contributed by atoms with Crippen LogP contribution in [0.15, 0.2) is 64.4 Å². The Kier molecular flexibility index (Phi) is 5.67. The fourth-order valence-corrected chi connectivity index (χ4v) is 4.02. The number of amides is 1. The number of H-pyrrole nitrogens is 1. The normalized spacial score (nSPS) is 12.2. The van der Waals surface area contributed by atoms with Gasteiger partial charge < -0.3 is 9.73 Å². The van der Waals surface area contributed by atoms with Crippen LogP contribution in [0.4, 0.5) is 0 Å². The van der Waals surface area contributed by atoms with Gasteiger partial charge in [-0.15, -0.1) is 0 Å². The first-order chi connectivity index (χ1) is 14.2. The first kappa shape index (κ1) is 19.3. The largest absolute Gasteiger partial charge is 0.451 e. The SMILES string of the molecule is CCc1ccc(C(C)NC(=O)c2oc3ccccc3c2CSc2ncn[nH]2)cc1. The third-order valence-corrected chi connectivity index (χ3v) is 5.79. The average Bonchev–Trinajstić information content (AvgIpc) is 3.40. The zero-order valence-electron chi connectivity index (χ0n) is 16.3. The maximum absolute atomic E-state index is 13.1. The van der Waals surface area contributed by atoms with Crippen molar-refractivity contribution in [1.82, 2.24) is 20.5 Å². The standard InChI is InChI=1S/C22H22N4O2S/c1-3-15-8-10-16(11-9-15)14(2)25-21(27)20-18(12-29-22-23-13-24-26-22)17-6-4-5-7-19(17)28-20/h4-11,13-14H,3,12H2,1-2H3,(H,25,27)(H,23,24,26). The first-order valence-corrected chi connectivity index (χ1v) is 10.5. The van der Waals surface area contributed by atoms with E-state index in [1.54, 1.807) is 0 Å². The molecule has 29 heavy (non-hydrogen) atoms. The third-order valence-electron chi connectivity index (χ3n) is 4.89. The van der Waals surface area contributed by atoms with E-state index in [1.807, 2.05) is 31.2 Å². The van der Waals surface area contributed by atoms with Crippen LogP contribution < -0.4 is 5.32 Å². The maximum Gasteiger partial charge on any atom is 0.287 e. The summed E-state index contributed by atoms with van der Waals surface area (Å²) >= 11 is 1.48. The highest BCUT2D eigenvalue weighted by Crippen LogP contribution is 2.31. The summed E-state index contributed by atoms with van der Waals surface area (Å²) in [6.07, 6.45) is 2.46. The lowest BCUT2D eigenvalue weighted by atomic mass is 10.0. The van der Waals surface area contributed by atoms with Crippen molar-refractivity contribution in [1.29, 1.82) is 0 Å². The zero-order valence-corrected chi connectivity index (χ0v) is 17.1. The van der Waals surface area contributed by atoms with E-state index in [2.05, 4.69) is 51.7 Å². The molecule has 4 rings (SSSR count). The fraction of sp³-hybridized carbons (Fsp3) is 0.227. The molecular weight excluding hydrogens is 384 g/mol. The van der Waals surface area contributed by atoms with E-state index in [-0.39, 0.29) is 11.9 Å². The van der Waals surface area contributed by atoms with Crippen LogP contribution in [-0.2, 0) is 12.2 Å². The number of aryl methyl sites for hydroxylation is 1. The van der Waals surface area contributed by atoms with Gasteiger partial charge in [-0.3, -0.25) is 9.89 Å². The number of carbonyl (C=O) groups is 1. The van der Waals surface area contributed by atoms with E-state index in [9.17, 15) is 4.79 Å². The van der Waals surface area contributed by atoms with E-state index in [4.69, 9.17) is 4.42 Å². The molecule has 2 aromatic heterocycles. The number of benzene rings is 2. The summed E-state index contributed by atoms with van der Waals surface area (Å²) in [5.74, 6) is 0.672. The van der Waals surface area contributed by atoms with Crippen molar-refractivity contribution in [3.63, 3.8) is 0 Å². The predicted molar refractivity (Wildman–Crippen MR) is 114 cm³/mol. The lowest BCUT2D eigenvalue weighted by molar-refractivity contribution is 0.0913. The number of carbonyl (C=O) groups excluding carboxylic acids is 1. The molecule has 0 saturated carbocycles. The molecule has 2 N–H and O–H groups in total. The van der Waals surface area contributed by atoms with Crippen LogP contribution in [0.1, 0.15) is 47.1 Å². The molecule has 0 saturated heterocycles. The summed E-state index contributed by atoms with van der Waals surface area (Å²) in [5.41, 5.74) is 3.89. The molecule has 0 bridgehead atoms. The van der Waals surface area contributed by atoms with Crippen LogP contribution in [0.2, 0.25) is 0 Å². The average molecular weight is 407 g/mol. The molecule has 6 nitrogen and oxygen atoms in total. The fourth-order valence-electron chi connectivity index (χ4n) is 3.22. The molecule has 1 amide bonds. The molecule has 1 atom stereocenters. The van der Waals surface area contributed by atoms with E-state index >= 15 is 0 Å². The van der Waals surface area contributed by atoms with Crippen molar-refractivity contribution in [2.24, 2.45) is 0 Å². The van der Waals surface area contributed by atoms with E-state index in [1.165, 1.54) is 23.7 Å². The number of furan rings is 1. The monoisotopic (exact) mass is 406 g/mol. The van der Waals surface area contributed by atoms with Gasteiger partial charge in [0.2, 0.25) is 0 Å².